The van der Waals surface area contributed by atoms with Gasteiger partial charge in [-0.15, -0.1) is 0 Å². The molecule has 0 heterocycles. The molecule has 2 rings (SSSR count). The number of methoxy groups -OCH3 is 2. The zero-order valence-electron chi connectivity index (χ0n) is 14.7. The van der Waals surface area contributed by atoms with Crippen LogP contribution in [0.1, 0.15) is 17.2 Å². The van der Waals surface area contributed by atoms with Crippen molar-refractivity contribution >= 4 is 11.8 Å². The summed E-state index contributed by atoms with van der Waals surface area (Å²) < 4.78 is 10.3. The van der Waals surface area contributed by atoms with Gasteiger partial charge in [0.1, 0.15) is 0 Å². The molecule has 0 aliphatic heterocycles. The lowest BCUT2D eigenvalue weighted by atomic mass is 10.1. The lowest BCUT2D eigenvalue weighted by molar-refractivity contribution is -0.139. The van der Waals surface area contributed by atoms with E-state index in [1.54, 1.807) is 18.2 Å². The molecule has 2 aromatic rings. The van der Waals surface area contributed by atoms with Gasteiger partial charge in [-0.2, -0.15) is 0 Å². The Morgan fingerprint density at radius 3 is 2.27 bits per heavy atom. The lowest BCUT2D eigenvalue weighted by Crippen LogP contribution is -2.41. The molecule has 0 saturated heterocycles. The summed E-state index contributed by atoms with van der Waals surface area (Å²) in [7, 11) is 3.01. The third kappa shape index (κ3) is 5.22. The summed E-state index contributed by atoms with van der Waals surface area (Å²) in [6.45, 7) is 0.151. The van der Waals surface area contributed by atoms with Crippen molar-refractivity contribution in [3.05, 3.63) is 59.7 Å². The highest BCUT2D eigenvalue weighted by Gasteiger charge is 2.16. The summed E-state index contributed by atoms with van der Waals surface area (Å²) in [5.41, 5.74) is 1.42. The highest BCUT2D eigenvalue weighted by Crippen LogP contribution is 2.29. The summed E-state index contributed by atoms with van der Waals surface area (Å²) in [4.78, 5) is 23.7. The van der Waals surface area contributed by atoms with Crippen LogP contribution in [0, 0.1) is 0 Å². The predicted octanol–water partition coefficient (Wildman–Crippen LogP) is 1.17. The second kappa shape index (κ2) is 9.43. The molecule has 7 heteroatoms. The van der Waals surface area contributed by atoms with Crippen LogP contribution in [-0.2, 0) is 16.1 Å². The maximum absolute atomic E-state index is 11.8. The Balaban J connectivity index is 1.85. The van der Waals surface area contributed by atoms with Crippen LogP contribution in [0.2, 0.25) is 0 Å². The average molecular weight is 358 g/mol. The second-order valence-electron chi connectivity index (χ2n) is 5.51. The molecule has 0 saturated carbocycles. The Hall–Kier alpha value is -3.06. The van der Waals surface area contributed by atoms with E-state index in [9.17, 15) is 14.7 Å². The van der Waals surface area contributed by atoms with Crippen LogP contribution in [0.4, 0.5) is 0 Å². The molecule has 0 radical (unpaired) electrons. The Kier molecular flexibility index (Phi) is 6.99. The third-order valence-electron chi connectivity index (χ3n) is 3.75. The van der Waals surface area contributed by atoms with Crippen LogP contribution < -0.4 is 20.1 Å². The van der Waals surface area contributed by atoms with Crippen LogP contribution in [0.25, 0.3) is 0 Å². The van der Waals surface area contributed by atoms with E-state index in [-0.39, 0.29) is 13.1 Å². The summed E-state index contributed by atoms with van der Waals surface area (Å²) in [5.74, 6) is -0.558. The van der Waals surface area contributed by atoms with Gasteiger partial charge in [-0.25, -0.2) is 0 Å². The molecule has 0 aliphatic carbocycles. The fourth-order valence-electron chi connectivity index (χ4n) is 2.31. The van der Waals surface area contributed by atoms with E-state index in [0.717, 1.165) is 5.56 Å². The minimum Gasteiger partial charge on any atom is -0.493 e. The Morgan fingerprint density at radius 1 is 0.962 bits per heavy atom. The van der Waals surface area contributed by atoms with E-state index in [1.165, 1.54) is 14.2 Å². The van der Waals surface area contributed by atoms with Gasteiger partial charge in [0.05, 0.1) is 20.3 Å². The van der Waals surface area contributed by atoms with Gasteiger partial charge in [-0.05, 0) is 23.3 Å². The van der Waals surface area contributed by atoms with Gasteiger partial charge < -0.3 is 25.2 Å². The fraction of sp³-hybridized carbons (Fsp3) is 0.263. The molecule has 7 nitrogen and oxygen atoms in total. The number of carbonyl (C=O) groups is 2. The molecule has 1 atom stereocenters. The van der Waals surface area contributed by atoms with Crippen molar-refractivity contribution in [2.75, 3.05) is 20.8 Å². The number of ether oxygens (including phenoxy) is 2. The first-order valence-corrected chi connectivity index (χ1v) is 8.05. The van der Waals surface area contributed by atoms with Crippen molar-refractivity contribution in [3.63, 3.8) is 0 Å². The first kappa shape index (κ1) is 19.3. The van der Waals surface area contributed by atoms with Gasteiger partial charge in [0.2, 0.25) is 0 Å². The third-order valence-corrected chi connectivity index (χ3v) is 3.75. The Labute approximate surface area is 151 Å². The van der Waals surface area contributed by atoms with Crippen molar-refractivity contribution in [2.45, 2.75) is 12.6 Å². The van der Waals surface area contributed by atoms with Crippen LogP contribution in [-0.4, -0.2) is 37.7 Å². The molecule has 1 unspecified atom stereocenters. The summed E-state index contributed by atoms with van der Waals surface area (Å²) in [5, 5.41) is 15.1. The smallest absolute Gasteiger partial charge is 0.309 e. The van der Waals surface area contributed by atoms with Gasteiger partial charge in [0, 0.05) is 13.1 Å². The van der Waals surface area contributed by atoms with Crippen molar-refractivity contribution in [1.29, 1.82) is 0 Å². The molecule has 138 valence electrons. The summed E-state index contributed by atoms with van der Waals surface area (Å²) in [6, 6.07) is 14.2. The highest BCUT2D eigenvalue weighted by atomic mass is 16.5. The molecule has 2 amide bonds. The van der Waals surface area contributed by atoms with Crippen molar-refractivity contribution in [3.8, 4) is 11.5 Å². The number of aliphatic hydroxyl groups is 1. The molecule has 26 heavy (non-hydrogen) atoms. The zero-order chi connectivity index (χ0) is 18.9. The monoisotopic (exact) mass is 358 g/mol. The SMILES string of the molecule is COc1ccc(C(O)CNC(=O)C(=O)NCc2ccccc2)cc1OC. The molecule has 0 aromatic heterocycles. The van der Waals surface area contributed by atoms with Gasteiger partial charge in [0.25, 0.3) is 0 Å². The van der Waals surface area contributed by atoms with E-state index >= 15 is 0 Å². The van der Waals surface area contributed by atoms with Crippen LogP contribution in [0.5, 0.6) is 11.5 Å². The van der Waals surface area contributed by atoms with Crippen LogP contribution in [0.3, 0.4) is 0 Å². The number of rotatable bonds is 7. The molecule has 3 N–H and O–H groups in total. The van der Waals surface area contributed by atoms with Crippen LogP contribution >= 0.6 is 0 Å². The summed E-state index contributed by atoms with van der Waals surface area (Å²) in [6.07, 6.45) is -0.985. The molecular weight excluding hydrogens is 336 g/mol. The number of hydrogen-bond acceptors (Lipinski definition) is 5. The zero-order valence-corrected chi connectivity index (χ0v) is 14.7. The number of hydrogen-bond donors (Lipinski definition) is 3. The Morgan fingerprint density at radius 2 is 1.62 bits per heavy atom. The first-order chi connectivity index (χ1) is 12.5. The van der Waals surface area contributed by atoms with E-state index in [0.29, 0.717) is 17.1 Å². The topological polar surface area (TPSA) is 96.9 Å². The standard InChI is InChI=1S/C19H22N2O5/c1-25-16-9-8-14(10-17(16)26-2)15(22)12-21-19(24)18(23)20-11-13-6-4-3-5-7-13/h3-10,15,22H,11-12H2,1-2H3,(H,20,23)(H,21,24). The molecule has 0 fully saturated rings. The average Bonchev–Trinajstić information content (AvgIpc) is 2.69. The van der Waals surface area contributed by atoms with Gasteiger partial charge in [0.15, 0.2) is 11.5 Å². The van der Waals surface area contributed by atoms with E-state index in [2.05, 4.69) is 10.6 Å². The van der Waals surface area contributed by atoms with Gasteiger partial charge in [-0.3, -0.25) is 9.59 Å². The minimum absolute atomic E-state index is 0.104. The summed E-state index contributed by atoms with van der Waals surface area (Å²) >= 11 is 0. The van der Waals surface area contributed by atoms with Gasteiger partial charge >= 0.3 is 11.8 Å². The number of carbonyl (C=O) groups excluding carboxylic acids is 2. The van der Waals surface area contributed by atoms with Crippen LogP contribution in [0.15, 0.2) is 48.5 Å². The molecule has 0 spiro atoms. The fourth-order valence-corrected chi connectivity index (χ4v) is 2.31. The molecular formula is C19H22N2O5. The highest BCUT2D eigenvalue weighted by molar-refractivity contribution is 6.35. The van der Waals surface area contributed by atoms with Crippen molar-refractivity contribution in [2.24, 2.45) is 0 Å². The normalized spacial score (nSPS) is 11.3. The first-order valence-electron chi connectivity index (χ1n) is 8.05. The van der Waals surface area contributed by atoms with E-state index in [4.69, 9.17) is 9.47 Å². The van der Waals surface area contributed by atoms with Crippen molar-refractivity contribution in [1.82, 2.24) is 10.6 Å². The number of benzene rings is 2. The minimum atomic E-state index is -0.985. The predicted molar refractivity (Wildman–Crippen MR) is 95.8 cm³/mol. The Bertz CT molecular complexity index is 749. The van der Waals surface area contributed by atoms with Gasteiger partial charge in [-0.1, -0.05) is 36.4 Å². The van der Waals surface area contributed by atoms with E-state index in [1.807, 2.05) is 30.3 Å². The van der Waals surface area contributed by atoms with E-state index < -0.39 is 17.9 Å². The van der Waals surface area contributed by atoms with Crippen molar-refractivity contribution < 1.29 is 24.2 Å². The number of aliphatic hydroxyl groups excluding tert-OH is 1. The lowest BCUT2D eigenvalue weighted by Gasteiger charge is -2.15. The number of nitrogens with one attached hydrogen (secondary N) is 2. The quantitative estimate of drug-likeness (QED) is 0.646. The maximum Gasteiger partial charge on any atom is 0.309 e. The largest absolute Gasteiger partial charge is 0.493 e. The molecule has 0 bridgehead atoms. The second-order valence-corrected chi connectivity index (χ2v) is 5.51. The molecule has 0 aliphatic rings. The number of amides is 2. The maximum atomic E-state index is 11.8. The molecule has 2 aromatic carbocycles.